The number of aromatic nitrogens is 2. The molecule has 4 aromatic carbocycles. The molecule has 4 atom stereocenters. The molecule has 0 saturated carbocycles. The summed E-state index contributed by atoms with van der Waals surface area (Å²) in [6.45, 7) is 10.2. The molecule has 5 aromatic rings. The third kappa shape index (κ3) is 9.23. The number of H-pyrrole nitrogens is 1. The first-order valence-electron chi connectivity index (χ1n) is 19.1. The van der Waals surface area contributed by atoms with Gasteiger partial charge in [0.2, 0.25) is 0 Å². The highest BCUT2D eigenvalue weighted by molar-refractivity contribution is 6.74. The van der Waals surface area contributed by atoms with Crippen molar-refractivity contribution in [3.63, 3.8) is 0 Å². The Balaban J connectivity index is 1.48. The van der Waals surface area contributed by atoms with Gasteiger partial charge in [-0.25, -0.2) is 4.79 Å². The molecule has 15 heteroatoms. The normalized spacial score (nSPS) is 18.3. The van der Waals surface area contributed by atoms with E-state index in [-0.39, 0.29) is 29.5 Å². The number of nitro benzene ring substituents is 1. The molecule has 1 fully saturated rings. The van der Waals surface area contributed by atoms with Gasteiger partial charge in [0.15, 0.2) is 14.5 Å². The fourth-order valence-corrected chi connectivity index (χ4v) is 8.31. The van der Waals surface area contributed by atoms with E-state index in [0.717, 1.165) is 16.7 Å². The molecular weight excluding hydrogens is 775 g/mol. The van der Waals surface area contributed by atoms with Crippen molar-refractivity contribution in [2.45, 2.75) is 69.4 Å². The van der Waals surface area contributed by atoms with Crippen molar-refractivity contribution in [2.75, 3.05) is 20.8 Å². The van der Waals surface area contributed by atoms with E-state index in [9.17, 15) is 24.5 Å². The van der Waals surface area contributed by atoms with Crippen molar-refractivity contribution in [1.82, 2.24) is 9.55 Å². The van der Waals surface area contributed by atoms with Crippen LogP contribution in [0.1, 0.15) is 50.1 Å². The van der Waals surface area contributed by atoms with Gasteiger partial charge in [0.1, 0.15) is 22.8 Å². The molecule has 0 radical (unpaired) electrons. The van der Waals surface area contributed by atoms with Crippen molar-refractivity contribution in [1.29, 1.82) is 0 Å². The molecule has 0 aliphatic carbocycles. The summed E-state index contributed by atoms with van der Waals surface area (Å²) < 4.78 is 39.2. The molecule has 0 bridgehead atoms. The Bertz CT molecular complexity index is 2290. The monoisotopic (exact) mass is 823 g/mol. The number of non-ortho nitro benzene ring substituents is 1. The molecule has 1 saturated heterocycles. The minimum absolute atomic E-state index is 0.115. The lowest BCUT2D eigenvalue weighted by molar-refractivity contribution is -0.384. The number of hydrogen-bond donors (Lipinski definition) is 1. The van der Waals surface area contributed by atoms with E-state index in [2.05, 4.69) is 38.8 Å². The van der Waals surface area contributed by atoms with Gasteiger partial charge in [-0.2, -0.15) is 0 Å². The average Bonchev–Trinajstić information content (AvgIpc) is 3.53. The van der Waals surface area contributed by atoms with Gasteiger partial charge in [0.05, 0.1) is 44.4 Å². The largest absolute Gasteiger partial charge is 0.497 e. The third-order valence-electron chi connectivity index (χ3n) is 11.2. The predicted octanol–water partition coefficient (Wildman–Crippen LogP) is 7.37. The van der Waals surface area contributed by atoms with Crippen molar-refractivity contribution >= 4 is 20.0 Å². The molecule has 0 spiro atoms. The zero-order chi connectivity index (χ0) is 42.5. The summed E-state index contributed by atoms with van der Waals surface area (Å²) in [5.74, 6) is -0.00859. The maximum absolute atomic E-state index is 13.9. The molecule has 0 unspecified atom stereocenters. The summed E-state index contributed by atoms with van der Waals surface area (Å²) in [6.07, 6.45) is -1.77. The highest BCUT2D eigenvalue weighted by atomic mass is 28.4. The lowest BCUT2D eigenvalue weighted by Crippen LogP contribution is -2.48. The summed E-state index contributed by atoms with van der Waals surface area (Å²) in [5.41, 5.74) is -0.372. The standard InChI is InChI=1S/C44H49N3O11Si/c1-43(2,3)59(6,7)58-40-36(27-39(49)56-35-23-17-32(18-24-35)47(51)52)37(57-41(40)46-26-25-38(48)45-42(46)50)28-55-44(29-11-9-8-10-12-29,30-13-19-33(53-4)20-14-30)31-15-21-34(54-5)22-16-31/h8-26,36-37,40-41H,27-28H2,1-7H3,(H,45,48,50)/t36-,37-,40-,41-/m1/s1. The highest BCUT2D eigenvalue weighted by Crippen LogP contribution is 2.47. The molecule has 14 nitrogen and oxygen atoms in total. The van der Waals surface area contributed by atoms with Crippen molar-refractivity contribution in [3.8, 4) is 17.2 Å². The van der Waals surface area contributed by atoms with Crippen LogP contribution < -0.4 is 25.5 Å². The Morgan fingerprint density at radius 3 is 1.86 bits per heavy atom. The lowest BCUT2D eigenvalue weighted by Gasteiger charge is -2.41. The van der Waals surface area contributed by atoms with Crippen LogP contribution in [0.15, 0.2) is 125 Å². The minimum Gasteiger partial charge on any atom is -0.497 e. The van der Waals surface area contributed by atoms with Crippen LogP contribution in [-0.4, -0.2) is 61.8 Å². The number of ether oxygens (including phenoxy) is 5. The van der Waals surface area contributed by atoms with Crippen LogP contribution in [0.4, 0.5) is 5.69 Å². The topological polar surface area (TPSA) is 170 Å². The van der Waals surface area contributed by atoms with Crippen LogP contribution in [-0.2, 0) is 24.3 Å². The number of esters is 1. The second kappa shape index (κ2) is 17.5. The number of nitrogens with zero attached hydrogens (tertiary/aromatic N) is 2. The quantitative estimate of drug-likeness (QED) is 0.0279. The number of hydrogen-bond acceptors (Lipinski definition) is 11. The molecule has 59 heavy (non-hydrogen) atoms. The molecule has 1 N–H and O–H groups in total. The van der Waals surface area contributed by atoms with E-state index in [4.69, 9.17) is 28.1 Å². The van der Waals surface area contributed by atoms with Crippen LogP contribution in [0.5, 0.6) is 17.2 Å². The van der Waals surface area contributed by atoms with E-state index in [1.807, 2.05) is 78.9 Å². The van der Waals surface area contributed by atoms with Crippen molar-refractivity contribution < 1.29 is 37.8 Å². The van der Waals surface area contributed by atoms with E-state index >= 15 is 0 Å². The molecular formula is C44H49N3O11Si. The van der Waals surface area contributed by atoms with Crippen molar-refractivity contribution in [3.05, 3.63) is 163 Å². The molecule has 0 amide bonds. The Morgan fingerprint density at radius 1 is 0.814 bits per heavy atom. The first kappa shape index (κ1) is 42.7. The predicted molar refractivity (Wildman–Crippen MR) is 222 cm³/mol. The smallest absolute Gasteiger partial charge is 0.330 e. The number of benzene rings is 4. The van der Waals surface area contributed by atoms with E-state index < -0.39 is 60.4 Å². The maximum Gasteiger partial charge on any atom is 0.330 e. The Hall–Kier alpha value is -5.87. The van der Waals surface area contributed by atoms with E-state index in [0.29, 0.717) is 11.5 Å². The number of nitro groups is 1. The second-order valence-electron chi connectivity index (χ2n) is 15.8. The first-order valence-corrected chi connectivity index (χ1v) is 22.1. The number of aromatic amines is 1. The van der Waals surface area contributed by atoms with Gasteiger partial charge in [-0.05, 0) is 71.2 Å². The summed E-state index contributed by atoms with van der Waals surface area (Å²) in [7, 11) is 0.517. The van der Waals surface area contributed by atoms with E-state index in [1.165, 1.54) is 41.1 Å². The Kier molecular flexibility index (Phi) is 12.7. The Morgan fingerprint density at radius 2 is 1.36 bits per heavy atom. The van der Waals surface area contributed by atoms with Crippen molar-refractivity contribution in [2.24, 2.45) is 5.92 Å². The average molecular weight is 824 g/mol. The van der Waals surface area contributed by atoms with Crippen LogP contribution in [0.2, 0.25) is 18.1 Å². The molecule has 6 rings (SSSR count). The minimum atomic E-state index is -2.67. The summed E-state index contributed by atoms with van der Waals surface area (Å²) >= 11 is 0. The first-order chi connectivity index (χ1) is 28.1. The molecule has 1 aromatic heterocycles. The van der Waals surface area contributed by atoms with Gasteiger partial charge in [0.25, 0.3) is 11.2 Å². The highest BCUT2D eigenvalue weighted by Gasteiger charge is 2.53. The summed E-state index contributed by atoms with van der Waals surface area (Å²) in [6, 6.07) is 31.2. The van der Waals surface area contributed by atoms with Gasteiger partial charge in [-0.3, -0.25) is 29.3 Å². The fourth-order valence-electron chi connectivity index (χ4n) is 6.99. The Labute approximate surface area is 342 Å². The van der Waals surface area contributed by atoms with E-state index in [1.54, 1.807) is 14.2 Å². The van der Waals surface area contributed by atoms with Gasteiger partial charge in [-0.15, -0.1) is 0 Å². The van der Waals surface area contributed by atoms with Crippen LogP contribution >= 0.6 is 0 Å². The van der Waals surface area contributed by atoms with Gasteiger partial charge in [0, 0.05) is 30.3 Å². The van der Waals surface area contributed by atoms with Crippen LogP contribution in [0.25, 0.3) is 0 Å². The number of methoxy groups -OCH3 is 2. The number of carbonyl (C=O) groups is 1. The summed E-state index contributed by atoms with van der Waals surface area (Å²) in [5, 5.41) is 11.0. The molecule has 2 heterocycles. The van der Waals surface area contributed by atoms with Crippen LogP contribution in [0.3, 0.4) is 0 Å². The number of rotatable bonds is 15. The zero-order valence-corrected chi connectivity index (χ0v) is 35.1. The third-order valence-corrected chi connectivity index (χ3v) is 15.6. The molecule has 1 aliphatic heterocycles. The van der Waals surface area contributed by atoms with Gasteiger partial charge in [-0.1, -0.05) is 75.4 Å². The molecule has 1 aliphatic rings. The molecule has 310 valence electrons. The maximum atomic E-state index is 13.9. The number of nitrogens with one attached hydrogen (secondary N) is 1. The van der Waals surface area contributed by atoms with Crippen LogP contribution in [0, 0.1) is 16.0 Å². The fraction of sp³-hybridized carbons (Fsp3) is 0.341. The van der Waals surface area contributed by atoms with Gasteiger partial charge < -0.3 is 28.1 Å². The van der Waals surface area contributed by atoms with Gasteiger partial charge >= 0.3 is 11.7 Å². The lowest BCUT2D eigenvalue weighted by atomic mass is 9.80. The number of carbonyl (C=O) groups excluding carboxylic acids is 1. The second-order valence-corrected chi connectivity index (χ2v) is 20.6. The summed E-state index contributed by atoms with van der Waals surface area (Å²) in [4.78, 5) is 52.7. The SMILES string of the molecule is COc1ccc(C(OC[C@H]2O[C@@H](n3ccc(=O)[nH]c3=O)[C@H](O[Si](C)(C)C(C)(C)C)[C@@H]2CC(=O)Oc2ccc([N+](=O)[O-])cc2)(c2ccccc2)c2ccc(OC)cc2)cc1. The zero-order valence-electron chi connectivity index (χ0n) is 34.1.